The molecule has 2 N–H and O–H groups in total. The molecule has 0 unspecified atom stereocenters. The number of alkyl halides is 3. The van der Waals surface area contributed by atoms with Crippen molar-refractivity contribution in [3.05, 3.63) is 69.9 Å². The van der Waals surface area contributed by atoms with Gasteiger partial charge in [-0.3, -0.25) is 9.59 Å². The van der Waals surface area contributed by atoms with Gasteiger partial charge in [0.15, 0.2) is 0 Å². The fraction of sp³-hybridized carbons (Fsp3) is 0.111. The summed E-state index contributed by atoms with van der Waals surface area (Å²) in [6.45, 7) is 0. The third kappa shape index (κ3) is 4.41. The maximum atomic E-state index is 13.5. The third-order valence-electron chi connectivity index (χ3n) is 3.96. The second kappa shape index (κ2) is 7.84. The summed E-state index contributed by atoms with van der Waals surface area (Å²) in [7, 11) is 1.45. The molecule has 0 aliphatic carbocycles. The van der Waals surface area contributed by atoms with E-state index in [1.54, 1.807) is 0 Å². The Morgan fingerprint density at radius 3 is 2.34 bits per heavy atom. The number of anilines is 2. The second-order valence-corrected chi connectivity index (χ2v) is 6.67. The number of amides is 2. The molecule has 11 heteroatoms. The van der Waals surface area contributed by atoms with E-state index in [0.717, 1.165) is 18.4 Å². The van der Waals surface area contributed by atoms with Crippen LogP contribution in [0.4, 0.5) is 24.5 Å². The van der Waals surface area contributed by atoms with Crippen LogP contribution in [0.5, 0.6) is 0 Å². The number of hydrogen-bond donors (Lipinski definition) is 2. The van der Waals surface area contributed by atoms with Gasteiger partial charge in [0.05, 0.1) is 28.1 Å². The molecule has 152 valence electrons. The smallest absolute Gasteiger partial charge is 0.418 e. The van der Waals surface area contributed by atoms with Crippen LogP contribution in [0.25, 0.3) is 0 Å². The van der Waals surface area contributed by atoms with Crippen LogP contribution < -0.4 is 10.6 Å². The van der Waals surface area contributed by atoms with Gasteiger partial charge in [0.25, 0.3) is 11.8 Å². The van der Waals surface area contributed by atoms with Gasteiger partial charge in [0, 0.05) is 12.7 Å². The molecule has 0 aliphatic heterocycles. The van der Waals surface area contributed by atoms with Gasteiger partial charge in [-0.05, 0) is 30.3 Å². The number of halogens is 5. The van der Waals surface area contributed by atoms with E-state index >= 15 is 0 Å². The Balaban J connectivity index is 1.89. The first-order valence-electron chi connectivity index (χ1n) is 7.95. The first kappa shape index (κ1) is 20.8. The van der Waals surface area contributed by atoms with Gasteiger partial charge in [-0.15, -0.1) is 0 Å². The van der Waals surface area contributed by atoms with Crippen LogP contribution >= 0.6 is 23.2 Å². The van der Waals surface area contributed by atoms with Crippen molar-refractivity contribution in [3.63, 3.8) is 0 Å². The highest BCUT2D eigenvalue weighted by Crippen LogP contribution is 2.37. The molecule has 2 heterocycles. The standard InChI is InChI=1S/C18H12Cl2F3N3O3/c1-26-14(7-12(19)15(26)20)17(28)25-13-3-2-10(6-11(13)18(21,22)23)24-16(27)9-4-5-29-8-9/h2-8H,1H3,(H,24,27)(H,25,28). The fourth-order valence-corrected chi connectivity index (χ4v) is 2.88. The number of nitrogens with zero attached hydrogens (tertiary/aromatic N) is 1. The highest BCUT2D eigenvalue weighted by Gasteiger charge is 2.35. The normalized spacial score (nSPS) is 11.4. The average molecular weight is 446 g/mol. The summed E-state index contributed by atoms with van der Waals surface area (Å²) in [6, 6.07) is 5.60. The minimum Gasteiger partial charge on any atom is -0.472 e. The SMILES string of the molecule is Cn1c(C(=O)Nc2ccc(NC(=O)c3ccoc3)cc2C(F)(F)F)cc(Cl)c1Cl. The molecular formula is C18H12Cl2F3N3O3. The zero-order valence-corrected chi connectivity index (χ0v) is 16.1. The summed E-state index contributed by atoms with van der Waals surface area (Å²) >= 11 is 11.7. The lowest BCUT2D eigenvalue weighted by Crippen LogP contribution is -2.19. The van der Waals surface area contributed by atoms with Crippen LogP contribution in [0.2, 0.25) is 10.2 Å². The van der Waals surface area contributed by atoms with Crippen LogP contribution in [-0.2, 0) is 13.2 Å². The van der Waals surface area contributed by atoms with Gasteiger partial charge < -0.3 is 19.6 Å². The Hall–Kier alpha value is -2.91. The van der Waals surface area contributed by atoms with E-state index < -0.39 is 29.2 Å². The third-order valence-corrected chi connectivity index (χ3v) is 4.81. The number of furan rings is 1. The molecule has 2 amide bonds. The summed E-state index contributed by atoms with van der Waals surface area (Å²) in [4.78, 5) is 24.4. The molecule has 0 fully saturated rings. The quantitative estimate of drug-likeness (QED) is 0.560. The largest absolute Gasteiger partial charge is 0.472 e. The summed E-state index contributed by atoms with van der Waals surface area (Å²) in [6.07, 6.45) is -2.37. The summed E-state index contributed by atoms with van der Waals surface area (Å²) in [5.74, 6) is -1.47. The van der Waals surface area contributed by atoms with Crippen LogP contribution in [-0.4, -0.2) is 16.4 Å². The van der Waals surface area contributed by atoms with Crippen LogP contribution in [0.15, 0.2) is 47.3 Å². The van der Waals surface area contributed by atoms with Crippen molar-refractivity contribution in [2.24, 2.45) is 7.05 Å². The first-order valence-corrected chi connectivity index (χ1v) is 8.70. The monoisotopic (exact) mass is 445 g/mol. The Morgan fingerprint density at radius 1 is 1.07 bits per heavy atom. The van der Waals surface area contributed by atoms with Gasteiger partial charge in [0.2, 0.25) is 0 Å². The number of benzene rings is 1. The van der Waals surface area contributed by atoms with Crippen molar-refractivity contribution in [1.29, 1.82) is 0 Å². The van der Waals surface area contributed by atoms with Crippen molar-refractivity contribution >= 4 is 46.4 Å². The van der Waals surface area contributed by atoms with Gasteiger partial charge in [0.1, 0.15) is 17.1 Å². The number of carbonyl (C=O) groups excluding carboxylic acids is 2. The highest BCUT2D eigenvalue weighted by atomic mass is 35.5. The number of hydrogen-bond acceptors (Lipinski definition) is 3. The molecule has 1 aromatic carbocycles. The van der Waals surface area contributed by atoms with Crippen molar-refractivity contribution < 1.29 is 27.2 Å². The fourth-order valence-electron chi connectivity index (χ4n) is 2.51. The number of nitrogens with one attached hydrogen (secondary N) is 2. The molecule has 3 aromatic rings. The zero-order valence-electron chi connectivity index (χ0n) is 14.6. The molecule has 0 aliphatic rings. The van der Waals surface area contributed by atoms with E-state index in [1.807, 2.05) is 0 Å². The number of carbonyl (C=O) groups is 2. The van der Waals surface area contributed by atoms with Crippen molar-refractivity contribution in [1.82, 2.24) is 4.57 Å². The van der Waals surface area contributed by atoms with Crippen molar-refractivity contribution in [2.75, 3.05) is 10.6 Å². The van der Waals surface area contributed by atoms with Crippen LogP contribution in [0.1, 0.15) is 26.4 Å². The lowest BCUT2D eigenvalue weighted by Gasteiger charge is -2.16. The Bertz CT molecular complexity index is 1080. The minimum absolute atomic E-state index is 0.0227. The highest BCUT2D eigenvalue weighted by molar-refractivity contribution is 6.42. The lowest BCUT2D eigenvalue weighted by atomic mass is 10.1. The molecule has 0 atom stereocenters. The van der Waals surface area contributed by atoms with Gasteiger partial charge >= 0.3 is 6.18 Å². The number of rotatable bonds is 4. The Labute approximate surface area is 172 Å². The van der Waals surface area contributed by atoms with Gasteiger partial charge in [-0.25, -0.2) is 0 Å². The van der Waals surface area contributed by atoms with E-state index in [0.29, 0.717) is 0 Å². The van der Waals surface area contributed by atoms with Crippen LogP contribution in [0, 0.1) is 0 Å². The van der Waals surface area contributed by atoms with Gasteiger partial charge in [-0.2, -0.15) is 13.2 Å². The topological polar surface area (TPSA) is 76.3 Å². The Kier molecular flexibility index (Phi) is 5.63. The average Bonchev–Trinajstić information content (AvgIpc) is 3.27. The predicted molar refractivity (Wildman–Crippen MR) is 101 cm³/mol. The summed E-state index contributed by atoms with van der Waals surface area (Å²) in [5.41, 5.74) is -1.61. The molecule has 0 radical (unpaired) electrons. The minimum atomic E-state index is -4.79. The van der Waals surface area contributed by atoms with E-state index in [9.17, 15) is 22.8 Å². The van der Waals surface area contributed by atoms with E-state index in [1.165, 1.54) is 36.1 Å². The molecule has 2 aromatic heterocycles. The number of aromatic nitrogens is 1. The van der Waals surface area contributed by atoms with Crippen molar-refractivity contribution in [2.45, 2.75) is 6.18 Å². The van der Waals surface area contributed by atoms with Crippen molar-refractivity contribution in [3.8, 4) is 0 Å². The van der Waals surface area contributed by atoms with Gasteiger partial charge in [-0.1, -0.05) is 23.2 Å². The summed E-state index contributed by atoms with van der Waals surface area (Å²) in [5, 5.41) is 4.70. The first-order chi connectivity index (χ1) is 13.6. The summed E-state index contributed by atoms with van der Waals surface area (Å²) < 4.78 is 46.5. The van der Waals surface area contributed by atoms with E-state index in [2.05, 4.69) is 10.6 Å². The van der Waals surface area contributed by atoms with Crippen LogP contribution in [0.3, 0.4) is 0 Å². The van der Waals surface area contributed by atoms with E-state index in [-0.39, 0.29) is 27.1 Å². The predicted octanol–water partition coefficient (Wildman–Crippen LogP) is 5.45. The molecule has 6 nitrogen and oxygen atoms in total. The zero-order chi connectivity index (χ0) is 21.3. The Morgan fingerprint density at radius 2 is 1.79 bits per heavy atom. The second-order valence-electron chi connectivity index (χ2n) is 5.91. The molecule has 29 heavy (non-hydrogen) atoms. The maximum absolute atomic E-state index is 13.5. The van der Waals surface area contributed by atoms with E-state index in [4.69, 9.17) is 27.6 Å². The molecule has 0 saturated heterocycles. The molecule has 0 spiro atoms. The molecular weight excluding hydrogens is 434 g/mol. The molecule has 3 rings (SSSR count). The molecule has 0 bridgehead atoms. The molecule has 0 saturated carbocycles. The maximum Gasteiger partial charge on any atom is 0.418 e. The lowest BCUT2D eigenvalue weighted by molar-refractivity contribution is -0.136.